The zero-order valence-corrected chi connectivity index (χ0v) is 15.2. The van der Waals surface area contributed by atoms with Crippen molar-refractivity contribution in [3.05, 3.63) is 34.8 Å². The van der Waals surface area contributed by atoms with Crippen molar-refractivity contribution < 1.29 is 28.5 Å². The minimum absolute atomic E-state index is 0. The molecule has 1 heterocycles. The van der Waals surface area contributed by atoms with E-state index in [0.29, 0.717) is 0 Å². The van der Waals surface area contributed by atoms with E-state index in [1.54, 1.807) is 0 Å². The molecule has 1 aromatic heterocycles. The molecule has 0 unspecified atom stereocenters. The molecule has 0 aliphatic carbocycles. The first-order valence-corrected chi connectivity index (χ1v) is 7.12. The predicted octanol–water partition coefficient (Wildman–Crippen LogP) is 0.180. The van der Waals surface area contributed by atoms with Crippen LogP contribution in [0.5, 0.6) is 0 Å². The third kappa shape index (κ3) is 3.28. The van der Waals surface area contributed by atoms with Crippen molar-refractivity contribution in [2.24, 2.45) is 7.05 Å². The molecule has 19 heavy (non-hydrogen) atoms. The average Bonchev–Trinajstić information content (AvgIpc) is 2.66. The zero-order valence-electron chi connectivity index (χ0n) is 12.2. The number of nitrogens with zero attached hydrogens (tertiary/aromatic N) is 2. The summed E-state index contributed by atoms with van der Waals surface area (Å²) in [4.78, 5) is 3.60. The molecule has 0 fully saturated rings. The first-order valence-electron chi connectivity index (χ1n) is 6.30. The molecule has 104 valence electrons. The van der Waals surface area contributed by atoms with E-state index in [1.807, 2.05) is 11.3 Å². The van der Waals surface area contributed by atoms with Crippen LogP contribution >= 0.6 is 11.3 Å². The smallest absolute Gasteiger partial charge is 0.269 e. The lowest BCUT2D eigenvalue weighted by Crippen LogP contribution is -3.00. The van der Waals surface area contributed by atoms with Gasteiger partial charge in [-0.25, -0.2) is 0 Å². The van der Waals surface area contributed by atoms with Gasteiger partial charge < -0.3 is 28.9 Å². The molecule has 0 N–H and O–H groups in total. The van der Waals surface area contributed by atoms with Crippen molar-refractivity contribution in [1.29, 1.82) is 0 Å². The molecule has 0 spiro atoms. The Balaban J connectivity index is 0.00000180. The monoisotopic (exact) mass is 388 g/mol. The maximum atomic E-state index is 2.30. The largest absolute Gasteiger partial charge is 1.00 e. The summed E-state index contributed by atoms with van der Waals surface area (Å²) in [5.41, 5.74) is 3.93. The fourth-order valence-corrected chi connectivity index (χ4v) is 3.27. The van der Waals surface area contributed by atoms with E-state index in [2.05, 4.69) is 68.7 Å². The third-order valence-corrected chi connectivity index (χ3v) is 4.92. The highest BCUT2D eigenvalue weighted by molar-refractivity contribution is 7.14. The van der Waals surface area contributed by atoms with E-state index < -0.39 is 0 Å². The third-order valence-electron chi connectivity index (χ3n) is 3.38. The van der Waals surface area contributed by atoms with Crippen molar-refractivity contribution in [2.75, 3.05) is 19.0 Å². The van der Waals surface area contributed by atoms with Gasteiger partial charge in [0.15, 0.2) is 5.69 Å². The van der Waals surface area contributed by atoms with Gasteiger partial charge >= 0.3 is 0 Å². The molecule has 1 aromatic carbocycles. The molecule has 2 nitrogen and oxygen atoms in total. The SMILES string of the molecule is CCc1sc(-c2ccc(N(C)C)cc2)[n+](C)c1C.[I-]. The molecule has 0 atom stereocenters. The van der Waals surface area contributed by atoms with Gasteiger partial charge in [0.05, 0.1) is 10.4 Å². The van der Waals surface area contributed by atoms with Crippen LogP contribution in [-0.2, 0) is 13.5 Å². The van der Waals surface area contributed by atoms with Crippen molar-refractivity contribution in [3.63, 3.8) is 0 Å². The predicted molar refractivity (Wildman–Crippen MR) is 79.4 cm³/mol. The number of aromatic nitrogens is 1. The highest BCUT2D eigenvalue weighted by atomic mass is 127. The van der Waals surface area contributed by atoms with Crippen LogP contribution in [-0.4, -0.2) is 14.1 Å². The highest BCUT2D eigenvalue weighted by Gasteiger charge is 2.20. The molecule has 0 bridgehead atoms. The summed E-state index contributed by atoms with van der Waals surface area (Å²) in [5.74, 6) is 0. The molecule has 0 radical (unpaired) electrons. The van der Waals surface area contributed by atoms with Crippen molar-refractivity contribution in [1.82, 2.24) is 0 Å². The van der Waals surface area contributed by atoms with Gasteiger partial charge in [0.1, 0.15) is 7.05 Å². The summed E-state index contributed by atoms with van der Waals surface area (Å²) in [6.45, 7) is 4.42. The molecule has 0 aliphatic heterocycles. The molecular formula is C15H21IN2S. The van der Waals surface area contributed by atoms with Gasteiger partial charge in [-0.1, -0.05) is 18.3 Å². The maximum absolute atomic E-state index is 2.30. The Kier molecular flexibility index (Phi) is 5.80. The van der Waals surface area contributed by atoms with Crippen LogP contribution in [0.25, 0.3) is 10.6 Å². The quantitative estimate of drug-likeness (QED) is 0.538. The summed E-state index contributed by atoms with van der Waals surface area (Å²) in [6.07, 6.45) is 1.11. The van der Waals surface area contributed by atoms with Crippen LogP contribution in [0.1, 0.15) is 17.5 Å². The average molecular weight is 388 g/mol. The number of hydrogen-bond donors (Lipinski definition) is 0. The van der Waals surface area contributed by atoms with Gasteiger partial charge in [0, 0.05) is 26.7 Å². The molecular weight excluding hydrogens is 367 g/mol. The van der Waals surface area contributed by atoms with Crippen LogP contribution < -0.4 is 33.4 Å². The van der Waals surface area contributed by atoms with E-state index >= 15 is 0 Å². The Bertz CT molecular complexity index is 544. The number of benzene rings is 1. The molecule has 2 rings (SSSR count). The first-order chi connectivity index (χ1) is 8.54. The fraction of sp³-hybridized carbons (Fsp3) is 0.400. The maximum Gasteiger partial charge on any atom is 0.269 e. The topological polar surface area (TPSA) is 7.12 Å². The van der Waals surface area contributed by atoms with Gasteiger partial charge in [-0.2, -0.15) is 4.57 Å². The summed E-state index contributed by atoms with van der Waals surface area (Å²) in [5, 5.41) is 1.34. The fourth-order valence-electron chi connectivity index (χ4n) is 2.08. The Labute approximate surface area is 137 Å². The van der Waals surface area contributed by atoms with Crippen molar-refractivity contribution >= 4 is 17.0 Å². The second-order valence-corrected chi connectivity index (χ2v) is 5.85. The van der Waals surface area contributed by atoms with Crippen LogP contribution in [0.4, 0.5) is 5.69 Å². The lowest BCUT2D eigenvalue weighted by atomic mass is 10.2. The van der Waals surface area contributed by atoms with Crippen LogP contribution in [0.2, 0.25) is 0 Å². The van der Waals surface area contributed by atoms with Gasteiger partial charge in [0.2, 0.25) is 0 Å². The van der Waals surface area contributed by atoms with Crippen LogP contribution in [0.3, 0.4) is 0 Å². The number of anilines is 1. The molecule has 0 saturated heterocycles. The number of thiazole rings is 1. The first kappa shape index (κ1) is 16.4. The summed E-state index contributed by atoms with van der Waals surface area (Å²) >= 11 is 1.90. The van der Waals surface area contributed by atoms with Crippen LogP contribution in [0, 0.1) is 6.92 Å². The van der Waals surface area contributed by atoms with E-state index in [0.717, 1.165) is 6.42 Å². The van der Waals surface area contributed by atoms with Gasteiger partial charge in [-0.15, -0.1) is 0 Å². The Morgan fingerprint density at radius 2 is 1.74 bits per heavy atom. The molecule has 0 saturated carbocycles. The molecule has 2 aromatic rings. The van der Waals surface area contributed by atoms with E-state index in [9.17, 15) is 0 Å². The lowest BCUT2D eigenvalue weighted by molar-refractivity contribution is -0.662. The summed E-state index contributed by atoms with van der Waals surface area (Å²) in [7, 11) is 6.29. The normalized spacial score (nSPS) is 10.2. The Hall–Kier alpha value is -0.620. The van der Waals surface area contributed by atoms with Crippen molar-refractivity contribution in [2.45, 2.75) is 20.3 Å². The van der Waals surface area contributed by atoms with Crippen molar-refractivity contribution in [3.8, 4) is 10.6 Å². The number of aryl methyl sites for hydroxylation is 1. The Morgan fingerprint density at radius 1 is 1.16 bits per heavy atom. The minimum Gasteiger partial charge on any atom is -1.00 e. The number of rotatable bonds is 3. The molecule has 0 aliphatic rings. The van der Waals surface area contributed by atoms with E-state index in [4.69, 9.17) is 0 Å². The zero-order chi connectivity index (χ0) is 13.3. The van der Waals surface area contributed by atoms with Crippen LogP contribution in [0.15, 0.2) is 24.3 Å². The Morgan fingerprint density at radius 3 is 2.16 bits per heavy atom. The van der Waals surface area contributed by atoms with Gasteiger partial charge in [-0.05, 0) is 30.7 Å². The van der Waals surface area contributed by atoms with Gasteiger partial charge in [-0.3, -0.25) is 0 Å². The highest BCUT2D eigenvalue weighted by Crippen LogP contribution is 2.27. The van der Waals surface area contributed by atoms with E-state index in [1.165, 1.54) is 26.8 Å². The summed E-state index contributed by atoms with van der Waals surface area (Å²) in [6, 6.07) is 8.77. The lowest BCUT2D eigenvalue weighted by Gasteiger charge is -2.11. The second kappa shape index (κ2) is 6.70. The number of halogens is 1. The molecule has 0 amide bonds. The molecule has 4 heteroatoms. The van der Waals surface area contributed by atoms with Gasteiger partial charge in [0.25, 0.3) is 5.01 Å². The second-order valence-electron chi connectivity index (χ2n) is 4.77. The standard InChI is InChI=1S/C15H21N2S.HI/c1-6-14-11(2)17(5)15(18-14)12-7-9-13(10-8-12)16(3)4;/h7-10H,6H2,1-5H3;1H/q+1;/p-1. The minimum atomic E-state index is 0. The number of hydrogen-bond acceptors (Lipinski definition) is 2. The van der Waals surface area contributed by atoms with E-state index in [-0.39, 0.29) is 24.0 Å². The summed E-state index contributed by atoms with van der Waals surface area (Å²) < 4.78 is 2.30.